The van der Waals surface area contributed by atoms with Crippen molar-refractivity contribution in [2.45, 2.75) is 51.0 Å². The number of aliphatic hydroxyl groups excluding tert-OH is 1. The van der Waals surface area contributed by atoms with Crippen molar-refractivity contribution in [1.29, 1.82) is 0 Å². The van der Waals surface area contributed by atoms with E-state index in [2.05, 4.69) is 22.2 Å². The molecule has 0 unspecified atom stereocenters. The van der Waals surface area contributed by atoms with E-state index in [1.165, 1.54) is 55.8 Å². The van der Waals surface area contributed by atoms with E-state index in [4.69, 9.17) is 10.1 Å². The van der Waals surface area contributed by atoms with Gasteiger partial charge in [0.05, 0.1) is 17.3 Å². The van der Waals surface area contributed by atoms with Gasteiger partial charge in [-0.05, 0) is 51.7 Å². The topological polar surface area (TPSA) is 39.6 Å². The molecule has 23 heavy (non-hydrogen) atoms. The van der Waals surface area contributed by atoms with Crippen molar-refractivity contribution in [2.75, 3.05) is 39.8 Å². The summed E-state index contributed by atoms with van der Waals surface area (Å²) in [6.45, 7) is 5.57. The fraction of sp³-hybridized carbons (Fsp3) is 0.833. The first-order valence-electron chi connectivity index (χ1n) is 9.20. The van der Waals surface area contributed by atoms with Crippen LogP contribution >= 0.6 is 11.3 Å². The Labute approximate surface area is 144 Å². The lowest BCUT2D eigenvalue weighted by Crippen LogP contribution is -2.38. The Morgan fingerprint density at radius 1 is 1.26 bits per heavy atom. The van der Waals surface area contributed by atoms with E-state index in [0.29, 0.717) is 0 Å². The van der Waals surface area contributed by atoms with Crippen LogP contribution in [0.15, 0.2) is 5.38 Å². The van der Waals surface area contributed by atoms with Gasteiger partial charge in [-0.1, -0.05) is 12.8 Å². The molecule has 1 aliphatic carbocycles. The van der Waals surface area contributed by atoms with E-state index in [9.17, 15) is 0 Å². The van der Waals surface area contributed by atoms with Gasteiger partial charge < -0.3 is 14.9 Å². The van der Waals surface area contributed by atoms with Gasteiger partial charge >= 0.3 is 0 Å². The zero-order valence-corrected chi connectivity index (χ0v) is 15.2. The fourth-order valence-corrected chi connectivity index (χ4v) is 5.05. The number of hydrogen-bond donors (Lipinski definition) is 1. The Morgan fingerprint density at radius 2 is 2.00 bits per heavy atom. The SMILES string of the molecule is CN(Cc1csc(C2CCCC2)n1)CC1CCN(CCO)CC1. The highest BCUT2D eigenvalue weighted by atomic mass is 32.1. The van der Waals surface area contributed by atoms with Gasteiger partial charge in [0, 0.05) is 30.9 Å². The number of likely N-dealkylation sites (tertiary alicyclic amines) is 1. The molecule has 2 aliphatic rings. The summed E-state index contributed by atoms with van der Waals surface area (Å²) in [5.41, 5.74) is 1.26. The molecule has 130 valence electrons. The van der Waals surface area contributed by atoms with E-state index < -0.39 is 0 Å². The molecule has 0 radical (unpaired) electrons. The number of hydrogen-bond acceptors (Lipinski definition) is 5. The van der Waals surface area contributed by atoms with Crippen LogP contribution in [0.25, 0.3) is 0 Å². The summed E-state index contributed by atoms with van der Waals surface area (Å²) >= 11 is 1.87. The minimum absolute atomic E-state index is 0.289. The summed E-state index contributed by atoms with van der Waals surface area (Å²) in [6, 6.07) is 0. The maximum atomic E-state index is 9.02. The van der Waals surface area contributed by atoms with Gasteiger partial charge in [-0.15, -0.1) is 11.3 Å². The second-order valence-corrected chi connectivity index (χ2v) is 8.25. The van der Waals surface area contributed by atoms with E-state index >= 15 is 0 Å². The summed E-state index contributed by atoms with van der Waals surface area (Å²) in [6.07, 6.45) is 7.97. The second kappa shape index (κ2) is 8.56. The van der Waals surface area contributed by atoms with E-state index in [-0.39, 0.29) is 6.61 Å². The van der Waals surface area contributed by atoms with Gasteiger partial charge in [0.2, 0.25) is 0 Å². The van der Waals surface area contributed by atoms with Crippen LogP contribution in [0.3, 0.4) is 0 Å². The monoisotopic (exact) mass is 337 g/mol. The van der Waals surface area contributed by atoms with Crippen molar-refractivity contribution in [3.63, 3.8) is 0 Å². The van der Waals surface area contributed by atoms with Crippen LogP contribution in [0.4, 0.5) is 0 Å². The smallest absolute Gasteiger partial charge is 0.0959 e. The Morgan fingerprint density at radius 3 is 2.70 bits per heavy atom. The predicted molar refractivity (Wildman–Crippen MR) is 95.9 cm³/mol. The van der Waals surface area contributed by atoms with Crippen molar-refractivity contribution in [3.8, 4) is 0 Å². The Balaban J connectivity index is 1.42. The molecule has 1 saturated carbocycles. The lowest BCUT2D eigenvalue weighted by Gasteiger charge is -2.33. The van der Waals surface area contributed by atoms with Crippen LogP contribution in [0, 0.1) is 5.92 Å². The van der Waals surface area contributed by atoms with Crippen LogP contribution in [-0.2, 0) is 6.54 Å². The Hall–Kier alpha value is -0.490. The highest BCUT2D eigenvalue weighted by Gasteiger charge is 2.22. The third-order valence-corrected chi connectivity index (χ3v) is 6.46. The third-order valence-electron chi connectivity index (χ3n) is 5.40. The molecule has 5 heteroatoms. The number of aromatic nitrogens is 1. The number of aliphatic hydroxyl groups is 1. The first-order valence-corrected chi connectivity index (χ1v) is 10.1. The molecule has 1 N–H and O–H groups in total. The molecule has 0 bridgehead atoms. The largest absolute Gasteiger partial charge is 0.395 e. The average Bonchev–Trinajstić information content (AvgIpc) is 3.20. The summed E-state index contributed by atoms with van der Waals surface area (Å²) in [4.78, 5) is 9.73. The Bertz CT molecular complexity index is 465. The number of thiazole rings is 1. The second-order valence-electron chi connectivity index (χ2n) is 7.36. The maximum absolute atomic E-state index is 9.02. The van der Waals surface area contributed by atoms with E-state index in [1.807, 2.05) is 11.3 Å². The van der Waals surface area contributed by atoms with Crippen LogP contribution < -0.4 is 0 Å². The quantitative estimate of drug-likeness (QED) is 0.830. The lowest BCUT2D eigenvalue weighted by molar-refractivity contribution is 0.129. The summed E-state index contributed by atoms with van der Waals surface area (Å²) in [7, 11) is 2.23. The van der Waals surface area contributed by atoms with Gasteiger partial charge in [-0.25, -0.2) is 4.98 Å². The molecule has 1 aliphatic heterocycles. The predicted octanol–water partition coefficient (Wildman–Crippen LogP) is 2.94. The van der Waals surface area contributed by atoms with E-state index in [1.54, 1.807) is 0 Å². The zero-order valence-electron chi connectivity index (χ0n) is 14.4. The first kappa shape index (κ1) is 17.3. The first-order chi connectivity index (χ1) is 11.2. The van der Waals surface area contributed by atoms with Crippen molar-refractivity contribution in [1.82, 2.24) is 14.8 Å². The number of piperidine rings is 1. The standard InChI is InChI=1S/C18H31N3OS/c1-20(12-15-6-8-21(9-7-15)10-11-22)13-17-14-23-18(19-17)16-4-2-3-5-16/h14-16,22H,2-13H2,1H3. The number of rotatable bonds is 7. The summed E-state index contributed by atoms with van der Waals surface area (Å²) < 4.78 is 0. The normalized spacial score (nSPS) is 21.5. The molecule has 1 aromatic heterocycles. The molecule has 4 nitrogen and oxygen atoms in total. The molecular formula is C18H31N3OS. The van der Waals surface area contributed by atoms with Gasteiger partial charge in [-0.2, -0.15) is 0 Å². The minimum Gasteiger partial charge on any atom is -0.395 e. The average molecular weight is 338 g/mol. The van der Waals surface area contributed by atoms with Crippen LogP contribution in [0.2, 0.25) is 0 Å². The molecule has 0 spiro atoms. The van der Waals surface area contributed by atoms with E-state index in [0.717, 1.165) is 38.0 Å². The van der Waals surface area contributed by atoms with Crippen molar-refractivity contribution >= 4 is 11.3 Å². The van der Waals surface area contributed by atoms with Crippen LogP contribution in [0.5, 0.6) is 0 Å². The molecule has 0 amide bonds. The summed E-state index contributed by atoms with van der Waals surface area (Å²) in [5, 5.41) is 12.7. The lowest BCUT2D eigenvalue weighted by atomic mass is 9.96. The zero-order chi connectivity index (χ0) is 16.1. The minimum atomic E-state index is 0.289. The fourth-order valence-electron chi connectivity index (χ4n) is 4.07. The van der Waals surface area contributed by atoms with Gasteiger partial charge in [0.1, 0.15) is 0 Å². The molecule has 0 atom stereocenters. The van der Waals surface area contributed by atoms with Gasteiger partial charge in [-0.3, -0.25) is 0 Å². The third kappa shape index (κ3) is 4.99. The number of β-amino-alcohol motifs (C(OH)–C–C–N with tert-alkyl or cyclic N) is 1. The van der Waals surface area contributed by atoms with Gasteiger partial charge in [0.15, 0.2) is 0 Å². The molecular weight excluding hydrogens is 306 g/mol. The van der Waals surface area contributed by atoms with Crippen molar-refractivity contribution < 1.29 is 5.11 Å². The highest BCUT2D eigenvalue weighted by molar-refractivity contribution is 7.09. The van der Waals surface area contributed by atoms with Crippen molar-refractivity contribution in [3.05, 3.63) is 16.1 Å². The Kier molecular flexibility index (Phi) is 6.45. The molecule has 0 aromatic carbocycles. The molecule has 1 saturated heterocycles. The van der Waals surface area contributed by atoms with Crippen molar-refractivity contribution in [2.24, 2.45) is 5.92 Å². The molecule has 2 fully saturated rings. The van der Waals surface area contributed by atoms with Crippen LogP contribution in [-0.4, -0.2) is 59.7 Å². The number of nitrogens with zero attached hydrogens (tertiary/aromatic N) is 3. The van der Waals surface area contributed by atoms with Crippen LogP contribution in [0.1, 0.15) is 55.1 Å². The summed E-state index contributed by atoms with van der Waals surface area (Å²) in [5.74, 6) is 1.54. The highest BCUT2D eigenvalue weighted by Crippen LogP contribution is 2.35. The molecule has 1 aromatic rings. The van der Waals surface area contributed by atoms with Gasteiger partial charge in [0.25, 0.3) is 0 Å². The molecule has 2 heterocycles. The maximum Gasteiger partial charge on any atom is 0.0959 e. The molecule has 3 rings (SSSR count).